The van der Waals surface area contributed by atoms with Gasteiger partial charge in [-0.05, 0) is 0 Å². The lowest BCUT2D eigenvalue weighted by atomic mass is 10.3. The van der Waals surface area contributed by atoms with Crippen molar-refractivity contribution in [3.63, 3.8) is 0 Å². The van der Waals surface area contributed by atoms with Gasteiger partial charge in [-0.15, -0.1) is 0 Å². The van der Waals surface area contributed by atoms with Crippen LogP contribution in [-0.4, -0.2) is 53.2 Å². The van der Waals surface area contributed by atoms with E-state index in [1.165, 1.54) is 0 Å². The molecule has 0 amide bonds. The highest BCUT2D eigenvalue weighted by molar-refractivity contribution is 5.42. The van der Waals surface area contributed by atoms with Crippen LogP contribution in [0.4, 0.5) is 26.6 Å². The minimum Gasteiger partial charge on any atom is -0.390 e. The molecule has 1 aromatic heterocycles. The fraction of sp³-hybridized carbons (Fsp3) is 0.625. The molecular formula is C8H15F2N7O. The third kappa shape index (κ3) is 3.89. The molecule has 0 fully saturated rings. The van der Waals surface area contributed by atoms with Gasteiger partial charge in [0.05, 0.1) is 6.54 Å². The van der Waals surface area contributed by atoms with E-state index in [2.05, 4.69) is 25.7 Å². The average molecular weight is 263 g/mol. The van der Waals surface area contributed by atoms with E-state index in [9.17, 15) is 8.78 Å². The maximum atomic E-state index is 12.8. The number of alkyl halides is 2. The van der Waals surface area contributed by atoms with Gasteiger partial charge in [-0.3, -0.25) is 5.43 Å². The highest BCUT2D eigenvalue weighted by Crippen LogP contribution is 2.15. The molecule has 18 heavy (non-hydrogen) atoms. The van der Waals surface area contributed by atoms with Gasteiger partial charge in [0, 0.05) is 14.1 Å². The summed E-state index contributed by atoms with van der Waals surface area (Å²) in [6.45, 7) is -2.04. The molecular weight excluding hydrogens is 248 g/mol. The molecule has 10 heteroatoms. The molecule has 0 saturated heterocycles. The number of nitrogens with two attached hydrogens (primary N) is 1. The molecule has 0 aliphatic rings. The van der Waals surface area contributed by atoms with Crippen molar-refractivity contribution in [1.82, 2.24) is 15.0 Å². The SMILES string of the molecule is CN(C)c1nc(NN)nc(NCC(F)(F)CO)n1. The number of hydrogen-bond acceptors (Lipinski definition) is 8. The minimum absolute atomic E-state index is 0.0449. The van der Waals surface area contributed by atoms with E-state index in [-0.39, 0.29) is 17.8 Å². The van der Waals surface area contributed by atoms with Crippen LogP contribution < -0.4 is 21.5 Å². The first kappa shape index (κ1) is 14.3. The van der Waals surface area contributed by atoms with Gasteiger partial charge < -0.3 is 15.3 Å². The van der Waals surface area contributed by atoms with Gasteiger partial charge >= 0.3 is 0 Å². The minimum atomic E-state index is -3.25. The van der Waals surface area contributed by atoms with Crippen LogP contribution in [0.3, 0.4) is 0 Å². The van der Waals surface area contributed by atoms with Gasteiger partial charge in [-0.2, -0.15) is 15.0 Å². The van der Waals surface area contributed by atoms with Crippen LogP contribution in [0.5, 0.6) is 0 Å². The van der Waals surface area contributed by atoms with E-state index in [4.69, 9.17) is 10.9 Å². The molecule has 0 radical (unpaired) electrons. The summed E-state index contributed by atoms with van der Waals surface area (Å²) < 4.78 is 25.7. The van der Waals surface area contributed by atoms with E-state index in [1.807, 2.05) is 0 Å². The summed E-state index contributed by atoms with van der Waals surface area (Å²) in [5.41, 5.74) is 2.21. The Bertz CT molecular complexity index is 401. The van der Waals surface area contributed by atoms with Crippen molar-refractivity contribution in [2.75, 3.05) is 42.9 Å². The van der Waals surface area contributed by atoms with E-state index >= 15 is 0 Å². The number of hydrogen-bond donors (Lipinski definition) is 4. The van der Waals surface area contributed by atoms with Gasteiger partial charge in [0.25, 0.3) is 5.92 Å². The number of nitrogen functional groups attached to an aromatic ring is 1. The molecule has 0 aliphatic carbocycles. The highest BCUT2D eigenvalue weighted by Gasteiger charge is 2.27. The average Bonchev–Trinajstić information content (AvgIpc) is 2.36. The Kier molecular flexibility index (Phi) is 4.50. The Morgan fingerprint density at radius 1 is 1.28 bits per heavy atom. The summed E-state index contributed by atoms with van der Waals surface area (Å²) in [7, 11) is 3.36. The zero-order chi connectivity index (χ0) is 13.8. The molecule has 1 rings (SSSR count). The summed E-state index contributed by atoms with van der Waals surface area (Å²) in [5, 5.41) is 10.7. The first-order chi connectivity index (χ1) is 8.38. The molecule has 1 aromatic rings. The Labute approximate surface area is 102 Å². The number of rotatable bonds is 6. The first-order valence-electron chi connectivity index (χ1n) is 5.00. The second-order valence-corrected chi connectivity index (χ2v) is 3.69. The second-order valence-electron chi connectivity index (χ2n) is 3.69. The number of halogens is 2. The Balaban J connectivity index is 2.85. The number of nitrogens with zero attached hydrogens (tertiary/aromatic N) is 4. The van der Waals surface area contributed by atoms with E-state index in [0.29, 0.717) is 0 Å². The molecule has 1 heterocycles. The summed E-state index contributed by atoms with van der Waals surface area (Å²) in [6, 6.07) is 0. The van der Waals surface area contributed by atoms with Gasteiger partial charge in [-0.1, -0.05) is 0 Å². The van der Waals surface area contributed by atoms with Crippen LogP contribution in [0.25, 0.3) is 0 Å². The fourth-order valence-corrected chi connectivity index (χ4v) is 0.973. The van der Waals surface area contributed by atoms with Crippen molar-refractivity contribution in [1.29, 1.82) is 0 Å². The van der Waals surface area contributed by atoms with Crippen LogP contribution in [0.1, 0.15) is 0 Å². The summed E-state index contributed by atoms with van der Waals surface area (Å²) >= 11 is 0. The second kappa shape index (κ2) is 5.69. The quantitative estimate of drug-likeness (QED) is 0.392. The molecule has 8 nitrogen and oxygen atoms in total. The van der Waals surface area contributed by atoms with Gasteiger partial charge in [0.15, 0.2) is 0 Å². The van der Waals surface area contributed by atoms with Crippen LogP contribution in [0.2, 0.25) is 0 Å². The van der Waals surface area contributed by atoms with E-state index in [1.54, 1.807) is 19.0 Å². The van der Waals surface area contributed by atoms with Crippen molar-refractivity contribution in [3.05, 3.63) is 0 Å². The standard InChI is InChI=1S/C8H15F2N7O/c1-17(2)7-14-5(13-6(15-7)16-11)12-3-8(9,10)4-18/h18H,3-4,11H2,1-2H3,(H2,12,13,14,15,16). The van der Waals surface area contributed by atoms with Crippen LogP contribution >= 0.6 is 0 Å². The predicted octanol–water partition coefficient (Wildman–Crippen LogP) is -0.737. The normalized spacial score (nSPS) is 11.2. The van der Waals surface area contributed by atoms with Gasteiger partial charge in [-0.25, -0.2) is 14.6 Å². The number of aliphatic hydroxyl groups is 1. The maximum Gasteiger partial charge on any atom is 0.287 e. The van der Waals surface area contributed by atoms with E-state index in [0.717, 1.165) is 0 Å². The largest absolute Gasteiger partial charge is 0.390 e. The smallest absolute Gasteiger partial charge is 0.287 e. The molecule has 0 atom stereocenters. The molecule has 0 saturated carbocycles. The zero-order valence-corrected chi connectivity index (χ0v) is 9.98. The molecule has 0 aromatic carbocycles. The Morgan fingerprint density at radius 3 is 2.39 bits per heavy atom. The lowest BCUT2D eigenvalue weighted by Crippen LogP contribution is -2.32. The van der Waals surface area contributed by atoms with Crippen molar-refractivity contribution in [2.45, 2.75) is 5.92 Å². The molecule has 0 bridgehead atoms. The van der Waals surface area contributed by atoms with Gasteiger partial charge in [0.1, 0.15) is 6.61 Å². The Hall–Kier alpha value is -1.81. The third-order valence-corrected chi connectivity index (χ3v) is 1.89. The van der Waals surface area contributed by atoms with Crippen molar-refractivity contribution >= 4 is 17.8 Å². The topological polar surface area (TPSA) is 112 Å². The van der Waals surface area contributed by atoms with Crippen molar-refractivity contribution in [3.8, 4) is 0 Å². The predicted molar refractivity (Wildman–Crippen MR) is 62.5 cm³/mol. The summed E-state index contributed by atoms with van der Waals surface area (Å²) in [4.78, 5) is 13.1. The zero-order valence-electron chi connectivity index (χ0n) is 9.98. The monoisotopic (exact) mass is 263 g/mol. The number of aliphatic hydroxyl groups excluding tert-OH is 1. The fourth-order valence-electron chi connectivity index (χ4n) is 0.973. The summed E-state index contributed by atoms with van der Waals surface area (Å²) in [6.07, 6.45) is 0. The molecule has 102 valence electrons. The van der Waals surface area contributed by atoms with Crippen LogP contribution in [0.15, 0.2) is 0 Å². The number of hydrazine groups is 1. The van der Waals surface area contributed by atoms with Crippen molar-refractivity contribution in [2.24, 2.45) is 5.84 Å². The molecule has 0 aliphatic heterocycles. The highest BCUT2D eigenvalue weighted by atomic mass is 19.3. The van der Waals surface area contributed by atoms with Crippen molar-refractivity contribution < 1.29 is 13.9 Å². The lowest BCUT2D eigenvalue weighted by molar-refractivity contribution is -0.0374. The first-order valence-corrected chi connectivity index (χ1v) is 5.00. The lowest BCUT2D eigenvalue weighted by Gasteiger charge is -2.16. The summed E-state index contributed by atoms with van der Waals surface area (Å²) in [5.74, 6) is 2.15. The molecule has 0 unspecified atom stereocenters. The maximum absolute atomic E-state index is 12.8. The third-order valence-electron chi connectivity index (χ3n) is 1.89. The molecule has 5 N–H and O–H groups in total. The van der Waals surface area contributed by atoms with Crippen LogP contribution in [0, 0.1) is 0 Å². The molecule has 0 spiro atoms. The number of aromatic nitrogens is 3. The van der Waals surface area contributed by atoms with Crippen LogP contribution in [-0.2, 0) is 0 Å². The van der Waals surface area contributed by atoms with Gasteiger partial charge in [0.2, 0.25) is 17.8 Å². The van der Waals surface area contributed by atoms with E-state index < -0.39 is 19.1 Å². The number of nitrogens with one attached hydrogen (secondary N) is 2. The Morgan fingerprint density at radius 2 is 1.89 bits per heavy atom. The number of anilines is 3.